The molecule has 5 heteroatoms. The van der Waals surface area contributed by atoms with Gasteiger partial charge in [-0.05, 0) is 19.9 Å². The van der Waals surface area contributed by atoms with Crippen molar-refractivity contribution in [3.8, 4) is 0 Å². The normalized spacial score (nSPS) is 10.4. The van der Waals surface area contributed by atoms with Crippen LogP contribution in [0.2, 0.25) is 0 Å². The summed E-state index contributed by atoms with van der Waals surface area (Å²) in [5.41, 5.74) is 1.15. The Balaban J connectivity index is 1.98. The van der Waals surface area contributed by atoms with Gasteiger partial charge >= 0.3 is 0 Å². The minimum absolute atomic E-state index is 0.108. The van der Waals surface area contributed by atoms with Gasteiger partial charge in [0.25, 0.3) is 0 Å². The fraction of sp³-hybridized carbons (Fsp3) is 0.636. The third-order valence-electron chi connectivity index (χ3n) is 2.26. The molecule has 0 aliphatic carbocycles. The van der Waals surface area contributed by atoms with Crippen molar-refractivity contribution in [1.82, 2.24) is 15.6 Å². The Labute approximate surface area is 100 Å². The second-order valence-corrected chi connectivity index (χ2v) is 4.70. The number of thiazole rings is 1. The highest BCUT2D eigenvalue weighted by Crippen LogP contribution is 2.07. The van der Waals surface area contributed by atoms with Gasteiger partial charge in [0.15, 0.2) is 0 Å². The molecule has 90 valence electrons. The first kappa shape index (κ1) is 13.1. The van der Waals surface area contributed by atoms with E-state index in [-0.39, 0.29) is 5.91 Å². The molecule has 1 aromatic rings. The maximum absolute atomic E-state index is 10.9. The number of rotatable bonds is 7. The summed E-state index contributed by atoms with van der Waals surface area (Å²) in [6.45, 7) is 3.83. The molecule has 0 aliphatic rings. The Morgan fingerprint density at radius 3 is 2.94 bits per heavy atom. The van der Waals surface area contributed by atoms with Crippen LogP contribution in [-0.4, -0.2) is 31.0 Å². The summed E-state index contributed by atoms with van der Waals surface area (Å²) in [5.74, 6) is 0.108. The number of hydrogen-bond donors (Lipinski definition) is 2. The van der Waals surface area contributed by atoms with Crippen molar-refractivity contribution in [2.75, 3.05) is 20.1 Å². The van der Waals surface area contributed by atoms with Crippen molar-refractivity contribution in [1.29, 1.82) is 0 Å². The zero-order chi connectivity index (χ0) is 11.8. The lowest BCUT2D eigenvalue weighted by Crippen LogP contribution is -2.22. The van der Waals surface area contributed by atoms with E-state index in [1.165, 1.54) is 0 Å². The van der Waals surface area contributed by atoms with Gasteiger partial charge in [0.2, 0.25) is 5.91 Å². The summed E-state index contributed by atoms with van der Waals surface area (Å²) in [6, 6.07) is 0. The molecular weight excluding hydrogens is 222 g/mol. The standard InChI is InChI=1S/C11H19N3OS/c1-9-14-10(8-16-9)5-7-13-6-3-4-11(15)12-2/h8,13H,3-7H2,1-2H3,(H,12,15). The van der Waals surface area contributed by atoms with Crippen LogP contribution in [0.3, 0.4) is 0 Å². The van der Waals surface area contributed by atoms with Crippen LogP contribution < -0.4 is 10.6 Å². The Morgan fingerprint density at radius 1 is 1.50 bits per heavy atom. The number of hydrogen-bond acceptors (Lipinski definition) is 4. The van der Waals surface area contributed by atoms with E-state index in [9.17, 15) is 4.79 Å². The van der Waals surface area contributed by atoms with Crippen LogP contribution >= 0.6 is 11.3 Å². The fourth-order valence-corrected chi connectivity index (χ4v) is 2.01. The summed E-state index contributed by atoms with van der Waals surface area (Å²) in [7, 11) is 1.67. The quantitative estimate of drug-likeness (QED) is 0.703. The van der Waals surface area contributed by atoms with Crippen molar-refractivity contribution in [2.45, 2.75) is 26.2 Å². The largest absolute Gasteiger partial charge is 0.359 e. The molecule has 0 atom stereocenters. The van der Waals surface area contributed by atoms with Crippen LogP contribution in [-0.2, 0) is 11.2 Å². The maximum atomic E-state index is 10.9. The molecule has 1 amide bonds. The van der Waals surface area contributed by atoms with E-state index in [4.69, 9.17) is 0 Å². The molecule has 0 aromatic carbocycles. The summed E-state index contributed by atoms with van der Waals surface area (Å²) in [5, 5.41) is 9.14. The second kappa shape index (κ2) is 7.35. The van der Waals surface area contributed by atoms with Crippen LogP contribution in [0.25, 0.3) is 0 Å². The van der Waals surface area contributed by atoms with E-state index in [2.05, 4.69) is 21.0 Å². The highest BCUT2D eigenvalue weighted by Gasteiger charge is 1.99. The van der Waals surface area contributed by atoms with Crippen LogP contribution in [0.1, 0.15) is 23.5 Å². The number of carbonyl (C=O) groups excluding carboxylic acids is 1. The maximum Gasteiger partial charge on any atom is 0.219 e. The molecule has 1 heterocycles. The monoisotopic (exact) mass is 241 g/mol. The van der Waals surface area contributed by atoms with Crippen molar-refractivity contribution in [3.05, 3.63) is 16.1 Å². The zero-order valence-corrected chi connectivity index (χ0v) is 10.7. The summed E-state index contributed by atoms with van der Waals surface area (Å²) < 4.78 is 0. The molecule has 0 fully saturated rings. The lowest BCUT2D eigenvalue weighted by molar-refractivity contribution is -0.120. The first-order valence-electron chi connectivity index (χ1n) is 5.54. The molecule has 0 saturated carbocycles. The van der Waals surface area contributed by atoms with Gasteiger partial charge in [0.1, 0.15) is 0 Å². The Hall–Kier alpha value is -0.940. The topological polar surface area (TPSA) is 54.0 Å². The van der Waals surface area contributed by atoms with E-state index in [1.807, 2.05) is 6.92 Å². The molecule has 0 bridgehead atoms. The Morgan fingerprint density at radius 2 is 2.31 bits per heavy atom. The van der Waals surface area contributed by atoms with Gasteiger partial charge in [0.05, 0.1) is 10.7 Å². The van der Waals surface area contributed by atoms with Crippen LogP contribution in [0.4, 0.5) is 0 Å². The number of nitrogens with zero attached hydrogens (tertiary/aromatic N) is 1. The van der Waals surface area contributed by atoms with Gasteiger partial charge in [-0.1, -0.05) is 0 Å². The van der Waals surface area contributed by atoms with E-state index >= 15 is 0 Å². The minimum atomic E-state index is 0.108. The van der Waals surface area contributed by atoms with Crippen LogP contribution in [0.15, 0.2) is 5.38 Å². The summed E-state index contributed by atoms with van der Waals surface area (Å²) >= 11 is 1.69. The molecule has 0 aliphatic heterocycles. The Kier molecular flexibility index (Phi) is 6.03. The lowest BCUT2D eigenvalue weighted by Gasteiger charge is -2.02. The zero-order valence-electron chi connectivity index (χ0n) is 9.88. The van der Waals surface area contributed by atoms with E-state index in [0.717, 1.165) is 36.6 Å². The molecule has 16 heavy (non-hydrogen) atoms. The second-order valence-electron chi connectivity index (χ2n) is 3.63. The summed E-state index contributed by atoms with van der Waals surface area (Å²) in [4.78, 5) is 15.3. The van der Waals surface area contributed by atoms with Gasteiger partial charge in [0, 0.05) is 31.8 Å². The molecule has 0 saturated heterocycles. The molecular formula is C11H19N3OS. The molecule has 1 rings (SSSR count). The van der Waals surface area contributed by atoms with Gasteiger partial charge in [-0.3, -0.25) is 4.79 Å². The van der Waals surface area contributed by atoms with Crippen molar-refractivity contribution >= 4 is 17.2 Å². The molecule has 0 spiro atoms. The fourth-order valence-electron chi connectivity index (χ4n) is 1.36. The smallest absolute Gasteiger partial charge is 0.219 e. The average molecular weight is 241 g/mol. The lowest BCUT2D eigenvalue weighted by atomic mass is 10.3. The van der Waals surface area contributed by atoms with Gasteiger partial charge < -0.3 is 10.6 Å². The van der Waals surface area contributed by atoms with E-state index in [1.54, 1.807) is 18.4 Å². The number of aromatic nitrogens is 1. The van der Waals surface area contributed by atoms with E-state index in [0.29, 0.717) is 6.42 Å². The molecule has 0 radical (unpaired) electrons. The number of nitrogens with one attached hydrogen (secondary N) is 2. The summed E-state index contributed by atoms with van der Waals surface area (Å²) in [6.07, 6.45) is 2.44. The number of carbonyl (C=O) groups is 1. The number of aryl methyl sites for hydroxylation is 1. The van der Waals surface area contributed by atoms with Gasteiger partial charge in [-0.15, -0.1) is 11.3 Å². The van der Waals surface area contributed by atoms with Crippen molar-refractivity contribution in [2.24, 2.45) is 0 Å². The van der Waals surface area contributed by atoms with Crippen molar-refractivity contribution in [3.63, 3.8) is 0 Å². The highest BCUT2D eigenvalue weighted by molar-refractivity contribution is 7.09. The first-order chi connectivity index (χ1) is 7.72. The molecule has 1 aromatic heterocycles. The molecule has 2 N–H and O–H groups in total. The molecule has 0 unspecified atom stereocenters. The first-order valence-corrected chi connectivity index (χ1v) is 6.42. The predicted octanol–water partition coefficient (Wildman–Crippen LogP) is 1.11. The van der Waals surface area contributed by atoms with Crippen LogP contribution in [0, 0.1) is 6.92 Å². The average Bonchev–Trinajstić information content (AvgIpc) is 2.69. The Bertz CT molecular complexity index is 325. The van der Waals surface area contributed by atoms with Gasteiger partial charge in [-0.25, -0.2) is 4.98 Å². The minimum Gasteiger partial charge on any atom is -0.359 e. The number of amides is 1. The van der Waals surface area contributed by atoms with E-state index < -0.39 is 0 Å². The third kappa shape index (κ3) is 5.23. The van der Waals surface area contributed by atoms with Crippen molar-refractivity contribution < 1.29 is 4.79 Å². The van der Waals surface area contributed by atoms with Gasteiger partial charge in [-0.2, -0.15) is 0 Å². The predicted molar refractivity (Wildman–Crippen MR) is 66.7 cm³/mol. The molecule has 4 nitrogen and oxygen atoms in total. The van der Waals surface area contributed by atoms with Crippen LogP contribution in [0.5, 0.6) is 0 Å². The SMILES string of the molecule is CNC(=O)CCCNCCc1csc(C)n1. The third-order valence-corrected chi connectivity index (χ3v) is 3.08. The highest BCUT2D eigenvalue weighted by atomic mass is 32.1.